The van der Waals surface area contributed by atoms with E-state index in [1.807, 2.05) is 24.3 Å². The monoisotopic (exact) mass is 194 g/mol. The molecule has 0 fully saturated rings. The van der Waals surface area contributed by atoms with Gasteiger partial charge in [0.25, 0.3) is 0 Å². The van der Waals surface area contributed by atoms with Crippen molar-refractivity contribution in [3.63, 3.8) is 0 Å². The van der Waals surface area contributed by atoms with Gasteiger partial charge in [-0.25, -0.2) is 0 Å². The van der Waals surface area contributed by atoms with Gasteiger partial charge in [0.1, 0.15) is 5.75 Å². The molecule has 0 aliphatic carbocycles. The summed E-state index contributed by atoms with van der Waals surface area (Å²) in [6.07, 6.45) is 5.15. The highest BCUT2D eigenvalue weighted by molar-refractivity contribution is 7.80. The van der Waals surface area contributed by atoms with Crippen LogP contribution in [0.4, 0.5) is 0 Å². The number of rotatable bonds is 4. The molecule has 0 saturated heterocycles. The van der Waals surface area contributed by atoms with Crippen molar-refractivity contribution in [3.05, 3.63) is 35.9 Å². The topological polar surface area (TPSA) is 9.23 Å². The lowest BCUT2D eigenvalue weighted by atomic mass is 10.2. The Morgan fingerprint density at radius 2 is 2.15 bits per heavy atom. The maximum atomic E-state index is 5.21. The number of ether oxygens (including phenoxy) is 1. The summed E-state index contributed by atoms with van der Waals surface area (Å²) < 4.78 is 5.21. The first-order valence-corrected chi connectivity index (χ1v) is 4.92. The summed E-state index contributed by atoms with van der Waals surface area (Å²) in [7, 11) is 1.69. The standard InChI is InChI=1S/C11H14OS/c1-12-11-8-3-2-6-10(11)7-4-5-9-13/h2-4,6-8,13H,5,9H2,1H3. The number of methoxy groups -OCH3 is 1. The Morgan fingerprint density at radius 3 is 2.85 bits per heavy atom. The fraction of sp³-hybridized carbons (Fsp3) is 0.273. The molecule has 0 bridgehead atoms. The zero-order chi connectivity index (χ0) is 9.52. The molecule has 0 saturated carbocycles. The number of allylic oxidation sites excluding steroid dienone is 1. The molecule has 13 heavy (non-hydrogen) atoms. The first-order valence-electron chi connectivity index (χ1n) is 4.29. The molecule has 1 aromatic carbocycles. The van der Waals surface area contributed by atoms with Gasteiger partial charge in [-0.2, -0.15) is 12.6 Å². The van der Waals surface area contributed by atoms with Crippen LogP contribution in [0.1, 0.15) is 12.0 Å². The summed E-state index contributed by atoms with van der Waals surface area (Å²) >= 11 is 4.13. The maximum absolute atomic E-state index is 5.21. The van der Waals surface area contributed by atoms with E-state index in [4.69, 9.17) is 4.74 Å². The Labute approximate surface area is 84.8 Å². The minimum atomic E-state index is 0.881. The molecular weight excluding hydrogens is 180 g/mol. The van der Waals surface area contributed by atoms with Crippen molar-refractivity contribution in [2.24, 2.45) is 0 Å². The third kappa shape index (κ3) is 3.15. The first-order chi connectivity index (χ1) is 6.38. The summed E-state index contributed by atoms with van der Waals surface area (Å²) in [5.41, 5.74) is 1.12. The molecule has 1 aromatic rings. The van der Waals surface area contributed by atoms with Crippen molar-refractivity contribution < 1.29 is 4.74 Å². The fourth-order valence-corrected chi connectivity index (χ4v) is 1.24. The second-order valence-corrected chi connectivity index (χ2v) is 3.10. The molecule has 0 aliphatic rings. The van der Waals surface area contributed by atoms with Crippen molar-refractivity contribution in [1.29, 1.82) is 0 Å². The summed E-state index contributed by atoms with van der Waals surface area (Å²) in [5.74, 6) is 1.80. The van der Waals surface area contributed by atoms with Crippen molar-refractivity contribution in [1.82, 2.24) is 0 Å². The van der Waals surface area contributed by atoms with Crippen LogP contribution in [0.5, 0.6) is 5.75 Å². The van der Waals surface area contributed by atoms with Crippen LogP contribution in [0.25, 0.3) is 6.08 Å². The van der Waals surface area contributed by atoms with E-state index in [1.54, 1.807) is 7.11 Å². The Balaban J connectivity index is 2.74. The Kier molecular flexibility index (Phi) is 4.47. The van der Waals surface area contributed by atoms with Crippen LogP contribution in [0.15, 0.2) is 30.3 Å². The van der Waals surface area contributed by atoms with Gasteiger partial charge in [-0.15, -0.1) is 0 Å². The third-order valence-corrected chi connectivity index (χ3v) is 1.99. The predicted molar refractivity (Wildman–Crippen MR) is 60.5 cm³/mol. The second kappa shape index (κ2) is 5.70. The van der Waals surface area contributed by atoms with Crippen LogP contribution in [-0.4, -0.2) is 12.9 Å². The first kappa shape index (κ1) is 10.2. The van der Waals surface area contributed by atoms with Crippen molar-refractivity contribution in [3.8, 4) is 5.75 Å². The lowest BCUT2D eigenvalue weighted by Crippen LogP contribution is -1.85. The summed E-state index contributed by atoms with van der Waals surface area (Å²) in [6.45, 7) is 0. The summed E-state index contributed by atoms with van der Waals surface area (Å²) in [5, 5.41) is 0. The Bertz CT molecular complexity index is 281. The van der Waals surface area contributed by atoms with E-state index in [2.05, 4.69) is 24.8 Å². The molecule has 0 radical (unpaired) electrons. The van der Waals surface area contributed by atoms with Gasteiger partial charge in [-0.1, -0.05) is 30.4 Å². The van der Waals surface area contributed by atoms with Gasteiger partial charge in [0.2, 0.25) is 0 Å². The predicted octanol–water partition coefficient (Wildman–Crippen LogP) is 3.03. The smallest absolute Gasteiger partial charge is 0.126 e. The molecule has 0 heterocycles. The number of para-hydroxylation sites is 1. The van der Waals surface area contributed by atoms with Gasteiger partial charge < -0.3 is 4.74 Å². The average Bonchev–Trinajstić information content (AvgIpc) is 2.19. The van der Waals surface area contributed by atoms with Gasteiger partial charge in [0, 0.05) is 5.56 Å². The van der Waals surface area contributed by atoms with Crippen LogP contribution in [0.3, 0.4) is 0 Å². The normalized spacial score (nSPS) is 10.6. The van der Waals surface area contributed by atoms with E-state index in [-0.39, 0.29) is 0 Å². The zero-order valence-corrected chi connectivity index (χ0v) is 8.63. The molecule has 0 unspecified atom stereocenters. The van der Waals surface area contributed by atoms with Gasteiger partial charge in [0.05, 0.1) is 7.11 Å². The fourth-order valence-electron chi connectivity index (χ4n) is 1.09. The lowest BCUT2D eigenvalue weighted by Gasteiger charge is -2.02. The third-order valence-electron chi connectivity index (χ3n) is 1.73. The van der Waals surface area contributed by atoms with E-state index in [0.29, 0.717) is 0 Å². The SMILES string of the molecule is COc1ccccc1C=CCCS. The quantitative estimate of drug-likeness (QED) is 0.725. The largest absolute Gasteiger partial charge is 0.496 e. The van der Waals surface area contributed by atoms with Gasteiger partial charge in [-0.3, -0.25) is 0 Å². The molecular formula is C11H14OS. The van der Waals surface area contributed by atoms with Crippen LogP contribution < -0.4 is 4.74 Å². The molecule has 0 aromatic heterocycles. The molecule has 0 aliphatic heterocycles. The highest BCUT2D eigenvalue weighted by atomic mass is 32.1. The maximum Gasteiger partial charge on any atom is 0.126 e. The van der Waals surface area contributed by atoms with Gasteiger partial charge >= 0.3 is 0 Å². The number of hydrogen-bond acceptors (Lipinski definition) is 2. The molecule has 0 amide bonds. The zero-order valence-electron chi connectivity index (χ0n) is 7.73. The number of hydrogen-bond donors (Lipinski definition) is 1. The van der Waals surface area contributed by atoms with Crippen molar-refractivity contribution in [2.75, 3.05) is 12.9 Å². The van der Waals surface area contributed by atoms with Gasteiger partial charge in [0.15, 0.2) is 0 Å². The van der Waals surface area contributed by atoms with E-state index < -0.39 is 0 Å². The average molecular weight is 194 g/mol. The Hall–Kier alpha value is -0.890. The van der Waals surface area contributed by atoms with E-state index in [0.717, 1.165) is 23.5 Å². The highest BCUT2D eigenvalue weighted by Crippen LogP contribution is 2.18. The van der Waals surface area contributed by atoms with Gasteiger partial charge in [-0.05, 0) is 18.2 Å². The van der Waals surface area contributed by atoms with E-state index in [1.165, 1.54) is 0 Å². The van der Waals surface area contributed by atoms with E-state index >= 15 is 0 Å². The van der Waals surface area contributed by atoms with Crippen LogP contribution >= 0.6 is 12.6 Å². The van der Waals surface area contributed by atoms with Crippen LogP contribution in [0, 0.1) is 0 Å². The van der Waals surface area contributed by atoms with Crippen LogP contribution in [0.2, 0.25) is 0 Å². The van der Waals surface area contributed by atoms with E-state index in [9.17, 15) is 0 Å². The molecule has 0 N–H and O–H groups in total. The lowest BCUT2D eigenvalue weighted by molar-refractivity contribution is 0.414. The van der Waals surface area contributed by atoms with Crippen molar-refractivity contribution >= 4 is 18.7 Å². The highest BCUT2D eigenvalue weighted by Gasteiger charge is 1.95. The molecule has 70 valence electrons. The van der Waals surface area contributed by atoms with Crippen LogP contribution in [-0.2, 0) is 0 Å². The minimum absolute atomic E-state index is 0.881. The molecule has 2 heteroatoms. The number of thiol groups is 1. The molecule has 1 rings (SSSR count). The summed E-state index contributed by atoms with van der Waals surface area (Å²) in [6, 6.07) is 7.96. The molecule has 0 spiro atoms. The summed E-state index contributed by atoms with van der Waals surface area (Å²) in [4.78, 5) is 0. The Morgan fingerprint density at radius 1 is 1.38 bits per heavy atom. The minimum Gasteiger partial charge on any atom is -0.496 e. The number of benzene rings is 1. The molecule has 0 atom stereocenters. The second-order valence-electron chi connectivity index (χ2n) is 2.66. The van der Waals surface area contributed by atoms with Crippen molar-refractivity contribution in [2.45, 2.75) is 6.42 Å². The molecule has 1 nitrogen and oxygen atoms in total.